The van der Waals surface area contributed by atoms with Crippen molar-refractivity contribution >= 4 is 23.4 Å². The van der Waals surface area contributed by atoms with E-state index < -0.39 is 0 Å². The van der Waals surface area contributed by atoms with Gasteiger partial charge in [-0.3, -0.25) is 4.79 Å². The summed E-state index contributed by atoms with van der Waals surface area (Å²) in [4.78, 5) is 16.2. The van der Waals surface area contributed by atoms with E-state index in [0.717, 1.165) is 11.7 Å². The van der Waals surface area contributed by atoms with Crippen molar-refractivity contribution in [3.05, 3.63) is 36.4 Å². The molecule has 2 aromatic rings. The monoisotopic (exact) mass is 349 g/mol. The fourth-order valence-electron chi connectivity index (χ4n) is 2.70. The molecule has 8 heteroatoms. The summed E-state index contributed by atoms with van der Waals surface area (Å²) in [5.41, 5.74) is 0.607. The third-order valence-electron chi connectivity index (χ3n) is 4.07. The molecule has 0 N–H and O–H groups in total. The van der Waals surface area contributed by atoms with Crippen LogP contribution in [0.2, 0.25) is 0 Å². The molecular formula is C16H20FN5OS. The van der Waals surface area contributed by atoms with Gasteiger partial charge >= 0.3 is 0 Å². The quantitative estimate of drug-likeness (QED) is 0.772. The molecule has 128 valence electrons. The van der Waals surface area contributed by atoms with Crippen molar-refractivity contribution in [1.82, 2.24) is 19.7 Å². The van der Waals surface area contributed by atoms with Gasteiger partial charge in [0.25, 0.3) is 0 Å². The first kappa shape index (κ1) is 16.8. The molecular weight excluding hydrogens is 329 g/mol. The molecule has 2 heterocycles. The Kier molecular flexibility index (Phi) is 5.34. The molecule has 3 rings (SSSR count). The lowest BCUT2D eigenvalue weighted by atomic mass is 10.2. The summed E-state index contributed by atoms with van der Waals surface area (Å²) in [6, 6.07) is 6.76. The van der Waals surface area contributed by atoms with Crippen LogP contribution < -0.4 is 4.90 Å². The van der Waals surface area contributed by atoms with Gasteiger partial charge in [0.05, 0.1) is 11.4 Å². The van der Waals surface area contributed by atoms with E-state index in [1.165, 1.54) is 17.8 Å². The highest BCUT2D eigenvalue weighted by Crippen LogP contribution is 2.21. The molecule has 1 fully saturated rings. The number of carbonyl (C=O) groups is 1. The topological polar surface area (TPSA) is 54.3 Å². The van der Waals surface area contributed by atoms with Crippen molar-refractivity contribution in [2.45, 2.75) is 18.6 Å². The highest BCUT2D eigenvalue weighted by molar-refractivity contribution is 7.99. The zero-order valence-electron chi connectivity index (χ0n) is 13.6. The summed E-state index contributed by atoms with van der Waals surface area (Å²) in [5.74, 6) is 0.212. The van der Waals surface area contributed by atoms with E-state index in [1.54, 1.807) is 18.5 Å². The predicted molar refractivity (Wildman–Crippen MR) is 91.6 cm³/mol. The second kappa shape index (κ2) is 7.65. The molecule has 0 saturated carbocycles. The number of benzene rings is 1. The SMILES string of the molecule is CCn1cnnc1SCC(=O)N1CCN(c2ccccc2F)CC1. The molecule has 1 amide bonds. The number of thioether (sulfide) groups is 1. The lowest BCUT2D eigenvalue weighted by molar-refractivity contribution is -0.128. The van der Waals surface area contributed by atoms with Gasteiger partial charge in [-0.15, -0.1) is 10.2 Å². The molecule has 0 spiro atoms. The van der Waals surface area contributed by atoms with E-state index in [-0.39, 0.29) is 11.7 Å². The van der Waals surface area contributed by atoms with Crippen LogP contribution in [0.4, 0.5) is 10.1 Å². The highest BCUT2D eigenvalue weighted by Gasteiger charge is 2.23. The predicted octanol–water partition coefficient (Wildman–Crippen LogP) is 1.88. The van der Waals surface area contributed by atoms with E-state index in [4.69, 9.17) is 0 Å². The molecule has 24 heavy (non-hydrogen) atoms. The van der Waals surface area contributed by atoms with Crippen LogP contribution in [0.25, 0.3) is 0 Å². The summed E-state index contributed by atoms with van der Waals surface area (Å²) >= 11 is 1.40. The van der Waals surface area contributed by atoms with Gasteiger partial charge in [-0.1, -0.05) is 23.9 Å². The zero-order chi connectivity index (χ0) is 16.9. The largest absolute Gasteiger partial charge is 0.366 e. The Morgan fingerprint density at radius 1 is 1.25 bits per heavy atom. The number of piperazine rings is 1. The van der Waals surface area contributed by atoms with Crippen molar-refractivity contribution in [2.24, 2.45) is 0 Å². The second-order valence-electron chi connectivity index (χ2n) is 5.51. The maximum absolute atomic E-state index is 13.8. The summed E-state index contributed by atoms with van der Waals surface area (Å²) in [6.45, 7) is 5.29. The van der Waals surface area contributed by atoms with Gasteiger partial charge < -0.3 is 14.4 Å². The summed E-state index contributed by atoms with van der Waals surface area (Å²) in [6.07, 6.45) is 1.67. The Morgan fingerprint density at radius 3 is 2.71 bits per heavy atom. The smallest absolute Gasteiger partial charge is 0.233 e. The zero-order valence-corrected chi connectivity index (χ0v) is 14.4. The van der Waals surface area contributed by atoms with Crippen LogP contribution in [-0.4, -0.2) is 57.5 Å². The van der Waals surface area contributed by atoms with Gasteiger partial charge in [-0.2, -0.15) is 0 Å². The standard InChI is InChI=1S/C16H20FN5OS/c1-2-20-12-18-19-16(20)24-11-15(23)22-9-7-21(8-10-22)14-6-4-3-5-13(14)17/h3-6,12H,2,7-11H2,1H3. The number of para-hydroxylation sites is 1. The first-order chi connectivity index (χ1) is 11.7. The molecule has 0 unspecified atom stereocenters. The third-order valence-corrected chi connectivity index (χ3v) is 5.04. The number of anilines is 1. The first-order valence-electron chi connectivity index (χ1n) is 7.97. The number of aromatic nitrogens is 3. The minimum absolute atomic E-state index is 0.0823. The Balaban J connectivity index is 1.51. The van der Waals surface area contributed by atoms with Crippen molar-refractivity contribution < 1.29 is 9.18 Å². The van der Waals surface area contributed by atoms with Crippen LogP contribution in [0.15, 0.2) is 35.7 Å². The molecule has 0 bridgehead atoms. The summed E-state index contributed by atoms with van der Waals surface area (Å²) in [7, 11) is 0. The van der Waals surface area contributed by atoms with Gasteiger partial charge in [0.15, 0.2) is 5.16 Å². The average molecular weight is 349 g/mol. The number of rotatable bonds is 5. The molecule has 1 aliphatic heterocycles. The molecule has 0 atom stereocenters. The maximum Gasteiger partial charge on any atom is 0.233 e. The minimum atomic E-state index is -0.216. The van der Waals surface area contributed by atoms with Crippen LogP contribution in [0, 0.1) is 5.82 Å². The molecule has 6 nitrogen and oxygen atoms in total. The Morgan fingerprint density at radius 2 is 2.00 bits per heavy atom. The highest BCUT2D eigenvalue weighted by atomic mass is 32.2. The van der Waals surface area contributed by atoms with Crippen molar-refractivity contribution in [1.29, 1.82) is 0 Å². The van der Waals surface area contributed by atoms with E-state index in [1.807, 2.05) is 27.4 Å². The van der Waals surface area contributed by atoms with Gasteiger partial charge in [0, 0.05) is 32.7 Å². The van der Waals surface area contributed by atoms with Crippen molar-refractivity contribution in [3.63, 3.8) is 0 Å². The van der Waals surface area contributed by atoms with E-state index in [0.29, 0.717) is 37.6 Å². The number of aryl methyl sites for hydroxylation is 1. The fraction of sp³-hybridized carbons (Fsp3) is 0.438. The van der Waals surface area contributed by atoms with E-state index in [2.05, 4.69) is 10.2 Å². The van der Waals surface area contributed by atoms with Crippen molar-refractivity contribution in [3.8, 4) is 0 Å². The fourth-order valence-corrected chi connectivity index (χ4v) is 3.58. The lowest BCUT2D eigenvalue weighted by Crippen LogP contribution is -2.49. The van der Waals surface area contributed by atoms with Gasteiger partial charge in [-0.25, -0.2) is 4.39 Å². The molecule has 1 aromatic heterocycles. The normalized spacial score (nSPS) is 14.9. The van der Waals surface area contributed by atoms with Crippen LogP contribution in [0.5, 0.6) is 0 Å². The molecule has 1 aromatic carbocycles. The third kappa shape index (κ3) is 3.69. The number of halogens is 1. The minimum Gasteiger partial charge on any atom is -0.366 e. The van der Waals surface area contributed by atoms with Crippen LogP contribution in [0.3, 0.4) is 0 Å². The first-order valence-corrected chi connectivity index (χ1v) is 8.95. The maximum atomic E-state index is 13.8. The number of hydrogen-bond acceptors (Lipinski definition) is 5. The number of hydrogen-bond donors (Lipinski definition) is 0. The molecule has 1 aliphatic rings. The molecule has 0 radical (unpaired) electrons. The Bertz CT molecular complexity index is 699. The second-order valence-corrected chi connectivity index (χ2v) is 6.45. The summed E-state index contributed by atoms with van der Waals surface area (Å²) < 4.78 is 15.7. The molecule has 1 saturated heterocycles. The van der Waals surface area contributed by atoms with Crippen LogP contribution in [0.1, 0.15) is 6.92 Å². The molecule has 0 aliphatic carbocycles. The van der Waals surface area contributed by atoms with Crippen LogP contribution in [-0.2, 0) is 11.3 Å². The van der Waals surface area contributed by atoms with Crippen molar-refractivity contribution in [2.75, 3.05) is 36.8 Å². The number of amides is 1. The Labute approximate surface area is 144 Å². The van der Waals surface area contributed by atoms with E-state index >= 15 is 0 Å². The summed E-state index contributed by atoms with van der Waals surface area (Å²) in [5, 5.41) is 8.64. The van der Waals surface area contributed by atoms with E-state index in [9.17, 15) is 9.18 Å². The average Bonchev–Trinajstić information content (AvgIpc) is 3.08. The number of carbonyl (C=O) groups excluding carboxylic acids is 1. The van der Waals surface area contributed by atoms with Gasteiger partial charge in [0.2, 0.25) is 5.91 Å². The Hall–Kier alpha value is -2.09. The van der Waals surface area contributed by atoms with Crippen LogP contribution >= 0.6 is 11.8 Å². The lowest BCUT2D eigenvalue weighted by Gasteiger charge is -2.36. The van der Waals surface area contributed by atoms with Gasteiger partial charge in [0.1, 0.15) is 12.1 Å². The number of nitrogens with zero attached hydrogens (tertiary/aromatic N) is 5. The van der Waals surface area contributed by atoms with Gasteiger partial charge in [-0.05, 0) is 19.1 Å².